The Kier molecular flexibility index (Phi) is 4.10. The molecule has 138 valence electrons. The largest absolute Gasteiger partial charge is 0.441 e. The van der Waals surface area contributed by atoms with Crippen LogP contribution in [-0.2, 0) is 5.41 Å². The fourth-order valence-electron chi connectivity index (χ4n) is 4.07. The zero-order valence-corrected chi connectivity index (χ0v) is 16.2. The number of hydrogen-bond donors (Lipinski definition) is 1. The number of nitrogens with one attached hydrogen (secondary N) is 1. The van der Waals surface area contributed by atoms with Crippen LogP contribution in [0.2, 0.25) is 5.02 Å². The van der Waals surface area contributed by atoms with Crippen molar-refractivity contribution in [3.8, 4) is 11.5 Å². The normalized spacial score (nSPS) is 22.6. The Balaban J connectivity index is 1.28. The molecule has 0 amide bonds. The highest BCUT2D eigenvalue weighted by Crippen LogP contribution is 2.50. The molecule has 4 heteroatoms. The lowest BCUT2D eigenvalue weighted by atomic mass is 10.0. The monoisotopic (exact) mass is 378 g/mol. The molecule has 27 heavy (non-hydrogen) atoms. The van der Waals surface area contributed by atoms with E-state index in [9.17, 15) is 0 Å². The summed E-state index contributed by atoms with van der Waals surface area (Å²) in [6.07, 6.45) is 3.58. The van der Waals surface area contributed by atoms with Gasteiger partial charge in [-0.15, -0.1) is 0 Å². The first kappa shape index (κ1) is 17.0. The Bertz CT molecular complexity index is 944. The molecule has 0 aliphatic heterocycles. The second-order valence-corrected chi connectivity index (χ2v) is 8.39. The van der Waals surface area contributed by atoms with E-state index in [2.05, 4.69) is 35.6 Å². The van der Waals surface area contributed by atoms with Gasteiger partial charge in [0, 0.05) is 34.5 Å². The van der Waals surface area contributed by atoms with E-state index in [-0.39, 0.29) is 5.41 Å². The van der Waals surface area contributed by atoms with Crippen LogP contribution in [0.4, 0.5) is 0 Å². The van der Waals surface area contributed by atoms with Gasteiger partial charge in [0.05, 0.1) is 5.69 Å². The van der Waals surface area contributed by atoms with E-state index < -0.39 is 0 Å². The van der Waals surface area contributed by atoms with Gasteiger partial charge >= 0.3 is 0 Å². The summed E-state index contributed by atoms with van der Waals surface area (Å²) >= 11 is 5.99. The van der Waals surface area contributed by atoms with Crippen LogP contribution in [0.15, 0.2) is 59.0 Å². The molecule has 5 rings (SSSR count). The number of halogens is 1. The van der Waals surface area contributed by atoms with E-state index in [1.54, 1.807) is 0 Å². The minimum Gasteiger partial charge on any atom is -0.441 e. The van der Waals surface area contributed by atoms with Crippen LogP contribution in [0.3, 0.4) is 0 Å². The van der Waals surface area contributed by atoms with Gasteiger partial charge in [-0.3, -0.25) is 0 Å². The predicted molar refractivity (Wildman–Crippen MR) is 108 cm³/mol. The SMILES string of the molecule is Cc1oc(-c2ccc(Cl)cc2)nc1C1(CNC2CC2c2ccccc2)CC1. The van der Waals surface area contributed by atoms with Gasteiger partial charge in [0.1, 0.15) is 5.76 Å². The third-order valence-corrected chi connectivity index (χ3v) is 6.22. The number of benzene rings is 2. The number of aromatic nitrogens is 1. The fraction of sp³-hybridized carbons (Fsp3) is 0.348. The Morgan fingerprint density at radius 2 is 1.85 bits per heavy atom. The van der Waals surface area contributed by atoms with Crippen molar-refractivity contribution in [1.82, 2.24) is 10.3 Å². The summed E-state index contributed by atoms with van der Waals surface area (Å²) in [5.74, 6) is 2.29. The van der Waals surface area contributed by atoms with Crippen LogP contribution in [0.5, 0.6) is 0 Å². The van der Waals surface area contributed by atoms with E-state index >= 15 is 0 Å². The van der Waals surface area contributed by atoms with Gasteiger partial charge in [-0.25, -0.2) is 4.98 Å². The van der Waals surface area contributed by atoms with Gasteiger partial charge < -0.3 is 9.73 Å². The number of nitrogens with zero attached hydrogens (tertiary/aromatic N) is 1. The van der Waals surface area contributed by atoms with Crippen molar-refractivity contribution >= 4 is 11.6 Å². The average Bonchev–Trinajstić information content (AvgIpc) is 3.60. The van der Waals surface area contributed by atoms with Crippen molar-refractivity contribution in [3.05, 3.63) is 76.6 Å². The smallest absolute Gasteiger partial charge is 0.226 e. The standard InChI is InChI=1S/C23H23ClN2O/c1-15-21(26-22(27-15)17-7-9-18(24)10-8-17)23(11-12-23)14-25-20-13-19(20)16-5-3-2-4-6-16/h2-10,19-20,25H,11-14H2,1H3. The molecule has 2 fully saturated rings. The van der Waals surface area contributed by atoms with Crippen LogP contribution in [0.1, 0.15) is 42.2 Å². The number of hydrogen-bond acceptors (Lipinski definition) is 3. The van der Waals surface area contributed by atoms with Crippen molar-refractivity contribution < 1.29 is 4.42 Å². The second kappa shape index (κ2) is 6.50. The lowest BCUT2D eigenvalue weighted by Crippen LogP contribution is -2.30. The number of rotatable bonds is 6. The number of aryl methyl sites for hydroxylation is 1. The van der Waals surface area contributed by atoms with Gasteiger partial charge in [0.15, 0.2) is 0 Å². The lowest BCUT2D eigenvalue weighted by molar-refractivity contribution is 0.518. The van der Waals surface area contributed by atoms with Crippen LogP contribution < -0.4 is 5.32 Å². The topological polar surface area (TPSA) is 38.1 Å². The van der Waals surface area contributed by atoms with Crippen molar-refractivity contribution in [2.45, 2.75) is 43.6 Å². The minimum atomic E-state index is 0.141. The Morgan fingerprint density at radius 1 is 1.11 bits per heavy atom. The van der Waals surface area contributed by atoms with Gasteiger partial charge in [-0.2, -0.15) is 0 Å². The van der Waals surface area contributed by atoms with Gasteiger partial charge in [-0.1, -0.05) is 41.9 Å². The molecule has 2 atom stereocenters. The summed E-state index contributed by atoms with van der Waals surface area (Å²) in [6, 6.07) is 19.1. The van der Waals surface area contributed by atoms with E-state index in [0.717, 1.165) is 28.6 Å². The molecule has 2 saturated carbocycles. The van der Waals surface area contributed by atoms with E-state index in [0.29, 0.717) is 17.9 Å². The third kappa shape index (κ3) is 3.30. The Labute approximate surface area is 164 Å². The average molecular weight is 379 g/mol. The fourth-order valence-corrected chi connectivity index (χ4v) is 4.19. The first-order valence-electron chi connectivity index (χ1n) is 9.67. The zero-order chi connectivity index (χ0) is 18.4. The molecule has 1 aromatic heterocycles. The first-order chi connectivity index (χ1) is 13.1. The predicted octanol–water partition coefficient (Wildman–Crippen LogP) is 5.48. The molecule has 3 nitrogen and oxygen atoms in total. The molecule has 2 aliphatic carbocycles. The highest BCUT2D eigenvalue weighted by atomic mass is 35.5. The summed E-state index contributed by atoms with van der Waals surface area (Å²) < 4.78 is 6.00. The van der Waals surface area contributed by atoms with Crippen molar-refractivity contribution in [2.75, 3.05) is 6.54 Å². The highest BCUT2D eigenvalue weighted by molar-refractivity contribution is 6.30. The maximum absolute atomic E-state index is 6.00. The van der Waals surface area contributed by atoms with Crippen LogP contribution in [0, 0.1) is 6.92 Å². The van der Waals surface area contributed by atoms with Gasteiger partial charge in [0.2, 0.25) is 5.89 Å². The maximum Gasteiger partial charge on any atom is 0.226 e. The van der Waals surface area contributed by atoms with Crippen molar-refractivity contribution in [3.63, 3.8) is 0 Å². The molecule has 3 aromatic rings. The summed E-state index contributed by atoms with van der Waals surface area (Å²) in [5, 5.41) is 4.52. The molecule has 1 N–H and O–H groups in total. The van der Waals surface area contributed by atoms with Gasteiger partial charge in [0.25, 0.3) is 0 Å². The highest BCUT2D eigenvalue weighted by Gasteiger charge is 2.49. The molecule has 1 heterocycles. The second-order valence-electron chi connectivity index (χ2n) is 7.95. The Morgan fingerprint density at radius 3 is 2.56 bits per heavy atom. The molecular formula is C23H23ClN2O. The summed E-state index contributed by atoms with van der Waals surface area (Å²) in [5.41, 5.74) is 3.69. The molecular weight excluding hydrogens is 356 g/mol. The summed E-state index contributed by atoms with van der Waals surface area (Å²) in [4.78, 5) is 4.87. The molecule has 2 aromatic carbocycles. The lowest BCUT2D eigenvalue weighted by Gasteiger charge is -2.14. The molecule has 0 bridgehead atoms. The van der Waals surface area contributed by atoms with E-state index in [1.807, 2.05) is 31.2 Å². The molecule has 2 unspecified atom stereocenters. The van der Waals surface area contributed by atoms with Crippen molar-refractivity contribution in [1.29, 1.82) is 0 Å². The Hall–Kier alpha value is -2.10. The molecule has 0 saturated heterocycles. The third-order valence-electron chi connectivity index (χ3n) is 5.96. The van der Waals surface area contributed by atoms with Crippen LogP contribution in [-0.4, -0.2) is 17.6 Å². The minimum absolute atomic E-state index is 0.141. The summed E-state index contributed by atoms with van der Waals surface area (Å²) in [7, 11) is 0. The molecule has 0 radical (unpaired) electrons. The van der Waals surface area contributed by atoms with E-state index in [1.165, 1.54) is 24.8 Å². The molecule has 0 spiro atoms. The first-order valence-corrected chi connectivity index (χ1v) is 10.0. The van der Waals surface area contributed by atoms with Crippen molar-refractivity contribution in [2.24, 2.45) is 0 Å². The van der Waals surface area contributed by atoms with Crippen LogP contribution in [0.25, 0.3) is 11.5 Å². The van der Waals surface area contributed by atoms with Gasteiger partial charge in [-0.05, 0) is 56.0 Å². The number of oxazole rings is 1. The van der Waals surface area contributed by atoms with E-state index in [4.69, 9.17) is 21.0 Å². The molecule has 2 aliphatic rings. The summed E-state index contributed by atoms with van der Waals surface area (Å²) in [6.45, 7) is 3.01. The zero-order valence-electron chi connectivity index (χ0n) is 15.4. The van der Waals surface area contributed by atoms with Crippen LogP contribution >= 0.6 is 11.6 Å². The maximum atomic E-state index is 6.00. The quantitative estimate of drug-likeness (QED) is 0.617.